The molecule has 2 nitrogen and oxygen atoms in total. The van der Waals surface area contributed by atoms with E-state index in [-0.39, 0.29) is 5.41 Å². The molecule has 0 unspecified atom stereocenters. The van der Waals surface area contributed by atoms with E-state index in [1.54, 1.807) is 0 Å². The van der Waals surface area contributed by atoms with Crippen LogP contribution < -0.4 is 0 Å². The topological polar surface area (TPSA) is 28.7 Å². The van der Waals surface area contributed by atoms with Crippen LogP contribution in [0, 0.1) is 6.92 Å². The zero-order valence-corrected chi connectivity index (χ0v) is 10.3. The Labute approximate surface area is 96.7 Å². The van der Waals surface area contributed by atoms with E-state index in [2.05, 4.69) is 61.3 Å². The van der Waals surface area contributed by atoms with Crippen LogP contribution in [0.3, 0.4) is 0 Å². The molecule has 1 heterocycles. The lowest BCUT2D eigenvalue weighted by molar-refractivity contribution is 0.590. The molecule has 0 aliphatic heterocycles. The van der Waals surface area contributed by atoms with Gasteiger partial charge in [-0.1, -0.05) is 45.0 Å². The van der Waals surface area contributed by atoms with Gasteiger partial charge in [-0.2, -0.15) is 5.10 Å². The number of rotatable bonds is 1. The molecule has 1 aromatic carbocycles. The Bertz CT molecular complexity index is 472. The molecule has 2 heteroatoms. The van der Waals surface area contributed by atoms with Crippen LogP contribution in [0.2, 0.25) is 0 Å². The van der Waals surface area contributed by atoms with E-state index in [0.29, 0.717) is 0 Å². The quantitative estimate of drug-likeness (QED) is 0.770. The molecule has 2 aromatic rings. The monoisotopic (exact) mass is 214 g/mol. The third-order valence-corrected chi connectivity index (χ3v) is 2.75. The molecule has 0 saturated carbocycles. The molecule has 16 heavy (non-hydrogen) atoms. The van der Waals surface area contributed by atoms with E-state index in [4.69, 9.17) is 0 Å². The first kappa shape index (κ1) is 10.9. The molecule has 84 valence electrons. The smallest absolute Gasteiger partial charge is 0.0923 e. The van der Waals surface area contributed by atoms with Gasteiger partial charge in [0.1, 0.15) is 0 Å². The SMILES string of the molecule is Cc1cc(-c2ccc(C(C)(C)C)cc2)n[nH]1. The molecule has 0 atom stereocenters. The van der Waals surface area contributed by atoms with Gasteiger partial charge in [-0.3, -0.25) is 5.10 Å². The first-order valence-corrected chi connectivity index (χ1v) is 5.60. The van der Waals surface area contributed by atoms with Crippen molar-refractivity contribution in [1.82, 2.24) is 10.2 Å². The number of benzene rings is 1. The van der Waals surface area contributed by atoms with Crippen molar-refractivity contribution in [3.05, 3.63) is 41.6 Å². The van der Waals surface area contributed by atoms with Crippen molar-refractivity contribution in [3.63, 3.8) is 0 Å². The molecule has 0 radical (unpaired) electrons. The predicted molar refractivity (Wildman–Crippen MR) is 67.5 cm³/mol. The summed E-state index contributed by atoms with van der Waals surface area (Å²) in [6, 6.07) is 10.7. The van der Waals surface area contributed by atoms with Crippen LogP contribution in [0.4, 0.5) is 0 Å². The van der Waals surface area contributed by atoms with Crippen molar-refractivity contribution in [2.24, 2.45) is 0 Å². The molecule has 2 rings (SSSR count). The van der Waals surface area contributed by atoms with E-state index in [1.165, 1.54) is 5.56 Å². The summed E-state index contributed by atoms with van der Waals surface area (Å²) in [6.07, 6.45) is 0. The molecule has 0 aliphatic carbocycles. The van der Waals surface area contributed by atoms with Crippen molar-refractivity contribution in [2.75, 3.05) is 0 Å². The summed E-state index contributed by atoms with van der Waals surface area (Å²) < 4.78 is 0. The van der Waals surface area contributed by atoms with Crippen molar-refractivity contribution in [1.29, 1.82) is 0 Å². The van der Waals surface area contributed by atoms with Crippen LogP contribution >= 0.6 is 0 Å². The van der Waals surface area contributed by atoms with Crippen LogP contribution in [-0.4, -0.2) is 10.2 Å². The summed E-state index contributed by atoms with van der Waals surface area (Å²) in [7, 11) is 0. The second kappa shape index (κ2) is 3.78. The van der Waals surface area contributed by atoms with E-state index in [0.717, 1.165) is 17.0 Å². The highest BCUT2D eigenvalue weighted by molar-refractivity contribution is 5.59. The second-order valence-corrected chi connectivity index (χ2v) is 5.26. The number of hydrogen-bond donors (Lipinski definition) is 1. The lowest BCUT2D eigenvalue weighted by atomic mass is 9.86. The van der Waals surface area contributed by atoms with Gasteiger partial charge in [-0.15, -0.1) is 0 Å². The maximum Gasteiger partial charge on any atom is 0.0923 e. The van der Waals surface area contributed by atoms with Gasteiger partial charge < -0.3 is 0 Å². The van der Waals surface area contributed by atoms with Gasteiger partial charge in [0.15, 0.2) is 0 Å². The Hall–Kier alpha value is -1.57. The Morgan fingerprint density at radius 2 is 1.69 bits per heavy atom. The fourth-order valence-electron chi connectivity index (χ4n) is 1.71. The second-order valence-electron chi connectivity index (χ2n) is 5.26. The first-order chi connectivity index (χ1) is 7.47. The van der Waals surface area contributed by atoms with Crippen molar-refractivity contribution in [3.8, 4) is 11.3 Å². The molecule has 0 spiro atoms. The van der Waals surface area contributed by atoms with Crippen molar-refractivity contribution >= 4 is 0 Å². The average Bonchev–Trinajstić information content (AvgIpc) is 2.64. The van der Waals surface area contributed by atoms with Crippen LogP contribution in [0.5, 0.6) is 0 Å². The number of nitrogens with zero attached hydrogens (tertiary/aromatic N) is 1. The minimum Gasteiger partial charge on any atom is -0.282 e. The van der Waals surface area contributed by atoms with Gasteiger partial charge in [0.2, 0.25) is 0 Å². The van der Waals surface area contributed by atoms with Gasteiger partial charge in [0.05, 0.1) is 5.69 Å². The van der Waals surface area contributed by atoms with Crippen molar-refractivity contribution in [2.45, 2.75) is 33.1 Å². The molecular formula is C14H18N2. The number of H-pyrrole nitrogens is 1. The van der Waals surface area contributed by atoms with Crippen LogP contribution in [0.1, 0.15) is 32.0 Å². The third-order valence-electron chi connectivity index (χ3n) is 2.75. The van der Waals surface area contributed by atoms with Crippen molar-refractivity contribution < 1.29 is 0 Å². The van der Waals surface area contributed by atoms with Crippen LogP contribution in [0.25, 0.3) is 11.3 Å². The summed E-state index contributed by atoms with van der Waals surface area (Å²) in [5.74, 6) is 0. The van der Waals surface area contributed by atoms with Gasteiger partial charge >= 0.3 is 0 Å². The summed E-state index contributed by atoms with van der Waals surface area (Å²) in [4.78, 5) is 0. The highest BCUT2D eigenvalue weighted by Crippen LogP contribution is 2.25. The summed E-state index contributed by atoms with van der Waals surface area (Å²) in [5.41, 5.74) is 4.83. The van der Waals surface area contributed by atoms with Gasteiger partial charge in [-0.25, -0.2) is 0 Å². The molecule has 1 N–H and O–H groups in total. The average molecular weight is 214 g/mol. The zero-order valence-electron chi connectivity index (χ0n) is 10.3. The zero-order chi connectivity index (χ0) is 11.8. The van der Waals surface area contributed by atoms with E-state index >= 15 is 0 Å². The van der Waals surface area contributed by atoms with Crippen LogP contribution in [-0.2, 0) is 5.41 Å². The molecule has 0 saturated heterocycles. The Morgan fingerprint density at radius 1 is 1.06 bits per heavy atom. The number of aromatic amines is 1. The third kappa shape index (κ3) is 2.16. The first-order valence-electron chi connectivity index (χ1n) is 5.60. The summed E-state index contributed by atoms with van der Waals surface area (Å²) in [5, 5.41) is 7.21. The number of hydrogen-bond acceptors (Lipinski definition) is 1. The molecule has 0 aliphatic rings. The lowest BCUT2D eigenvalue weighted by Gasteiger charge is -2.18. The molecular weight excluding hydrogens is 196 g/mol. The number of aryl methyl sites for hydroxylation is 1. The normalized spacial score (nSPS) is 11.8. The molecule has 1 aromatic heterocycles. The van der Waals surface area contributed by atoms with Crippen LogP contribution in [0.15, 0.2) is 30.3 Å². The molecule has 0 fully saturated rings. The minimum absolute atomic E-state index is 0.208. The van der Waals surface area contributed by atoms with Gasteiger partial charge in [0, 0.05) is 11.3 Å². The minimum atomic E-state index is 0.208. The molecule has 0 amide bonds. The van der Waals surface area contributed by atoms with Gasteiger partial charge in [0.25, 0.3) is 0 Å². The molecule has 0 bridgehead atoms. The van der Waals surface area contributed by atoms with E-state index < -0.39 is 0 Å². The summed E-state index contributed by atoms with van der Waals surface area (Å²) in [6.45, 7) is 8.68. The van der Waals surface area contributed by atoms with E-state index in [1.807, 2.05) is 6.92 Å². The largest absolute Gasteiger partial charge is 0.282 e. The fraction of sp³-hybridized carbons (Fsp3) is 0.357. The Morgan fingerprint density at radius 3 is 2.12 bits per heavy atom. The number of aromatic nitrogens is 2. The fourth-order valence-corrected chi connectivity index (χ4v) is 1.71. The number of nitrogens with one attached hydrogen (secondary N) is 1. The summed E-state index contributed by atoms with van der Waals surface area (Å²) >= 11 is 0. The highest BCUT2D eigenvalue weighted by atomic mass is 15.1. The Balaban J connectivity index is 2.33. The predicted octanol–water partition coefficient (Wildman–Crippen LogP) is 3.68. The lowest BCUT2D eigenvalue weighted by Crippen LogP contribution is -2.10. The highest BCUT2D eigenvalue weighted by Gasteiger charge is 2.13. The standard InChI is InChI=1S/C14H18N2/c1-10-9-13(16-15-10)11-5-7-12(8-6-11)14(2,3)4/h5-9H,1-4H3,(H,15,16). The Kier molecular flexibility index (Phi) is 2.58. The van der Waals surface area contributed by atoms with Gasteiger partial charge in [-0.05, 0) is 24.0 Å². The van der Waals surface area contributed by atoms with E-state index in [9.17, 15) is 0 Å². The maximum absolute atomic E-state index is 4.25. The maximum atomic E-state index is 4.25.